The summed E-state index contributed by atoms with van der Waals surface area (Å²) in [5.41, 5.74) is -3.18. The first-order valence-electron chi connectivity index (χ1n) is 25.0. The number of esters is 2. The Morgan fingerprint density at radius 2 is 1.51 bits per heavy atom. The fourth-order valence-corrected chi connectivity index (χ4v) is 14.8. The van der Waals surface area contributed by atoms with Crippen LogP contribution < -0.4 is 0 Å². The standard InChI is InChI=1S/C51H80O18/c1-11-24(3)42(62)68-39-40(69-43(63)25(4)12-2)51(23-54)27(19-46(39,5)6)26-13-14-30-47(7)17-16-32(48(8,22-53)29(47)15-18-49(30,9)50(26,10)20-31(51)55)65-45-38(35(58)34(57)37(66-45)41(60)61)67-44-36(59)33(56)28(21-52)64-44/h11,13,25,27-40,44-45,52-59H,12,14-23H2,1-10H3,(H,60,61). The highest BCUT2D eigenvalue weighted by Crippen LogP contribution is 2.76. The monoisotopic (exact) mass is 981 g/mol. The molecule has 2 aliphatic heterocycles. The Labute approximate surface area is 405 Å². The topological polar surface area (TPSA) is 289 Å². The first kappa shape index (κ1) is 54.2. The molecule has 392 valence electrons. The van der Waals surface area contributed by atoms with E-state index >= 15 is 0 Å². The Bertz CT molecular complexity index is 1990. The highest BCUT2D eigenvalue weighted by Gasteiger charge is 2.74. The molecule has 0 radical (unpaired) electrons. The van der Waals surface area contributed by atoms with Crippen LogP contribution >= 0.6 is 0 Å². The molecule has 4 saturated carbocycles. The maximum Gasteiger partial charge on any atom is 0.335 e. The second-order valence-electron chi connectivity index (χ2n) is 23.4. The molecule has 5 aliphatic carbocycles. The first-order valence-corrected chi connectivity index (χ1v) is 25.0. The second-order valence-corrected chi connectivity index (χ2v) is 23.4. The van der Waals surface area contributed by atoms with Gasteiger partial charge in [-0.25, -0.2) is 9.59 Å². The molecule has 0 spiro atoms. The number of ether oxygens (including phenoxy) is 6. The summed E-state index contributed by atoms with van der Waals surface area (Å²) in [5.74, 6) is -3.75. The molecule has 69 heavy (non-hydrogen) atoms. The van der Waals surface area contributed by atoms with Crippen molar-refractivity contribution in [2.45, 2.75) is 200 Å². The van der Waals surface area contributed by atoms with E-state index in [0.29, 0.717) is 50.5 Å². The van der Waals surface area contributed by atoms with Crippen LogP contribution in [0.1, 0.15) is 121 Å². The lowest BCUT2D eigenvalue weighted by atomic mass is 9.33. The van der Waals surface area contributed by atoms with E-state index in [9.17, 15) is 60.3 Å². The number of aliphatic hydroxyl groups excluding tert-OH is 8. The molecule has 18 nitrogen and oxygen atoms in total. The zero-order valence-corrected chi connectivity index (χ0v) is 41.9. The quantitative estimate of drug-likeness (QED) is 0.0555. The Kier molecular flexibility index (Phi) is 15.2. The van der Waals surface area contributed by atoms with E-state index in [1.54, 1.807) is 26.8 Å². The summed E-state index contributed by atoms with van der Waals surface area (Å²) in [6.07, 6.45) is -11.4. The van der Waals surface area contributed by atoms with Gasteiger partial charge in [0, 0.05) is 16.4 Å². The Balaban J connectivity index is 1.22. The van der Waals surface area contributed by atoms with Gasteiger partial charge in [-0.15, -0.1) is 0 Å². The number of hydrogen-bond donors (Lipinski definition) is 9. The number of carboxylic acid groups (broad SMARTS) is 1. The van der Waals surface area contributed by atoms with E-state index in [-0.39, 0.29) is 24.9 Å². The average molecular weight is 981 g/mol. The highest BCUT2D eigenvalue weighted by atomic mass is 16.8. The predicted octanol–water partition coefficient (Wildman–Crippen LogP) is 2.52. The SMILES string of the molecule is CC=C(C)C(=O)OC1C(OC(=O)C(C)CC)C2(CO)C(O)CC3(C)C(=CCC4C5(C)CCC(OC6OC(C(=O)O)C(O)C(O)C6OC6OC(CO)C(O)C6O)C(C)(CO)C5CCC43C)C2CC1(C)C. The van der Waals surface area contributed by atoms with Crippen LogP contribution in [0.15, 0.2) is 23.3 Å². The van der Waals surface area contributed by atoms with Gasteiger partial charge in [0.15, 0.2) is 18.7 Å². The van der Waals surface area contributed by atoms with Gasteiger partial charge in [-0.2, -0.15) is 0 Å². The number of hydrogen-bond acceptors (Lipinski definition) is 17. The molecule has 0 bridgehead atoms. The lowest BCUT2D eigenvalue weighted by Crippen LogP contribution is -2.72. The van der Waals surface area contributed by atoms with E-state index in [4.69, 9.17) is 28.4 Å². The largest absolute Gasteiger partial charge is 0.479 e. The zero-order valence-electron chi connectivity index (χ0n) is 41.9. The molecule has 0 aromatic carbocycles. The maximum absolute atomic E-state index is 13.8. The Hall–Kier alpha value is -2.59. The van der Waals surface area contributed by atoms with Crippen molar-refractivity contribution in [2.75, 3.05) is 19.8 Å². The van der Waals surface area contributed by atoms with E-state index in [0.717, 1.165) is 5.57 Å². The van der Waals surface area contributed by atoms with Crippen LogP contribution in [-0.2, 0) is 42.8 Å². The molecule has 22 unspecified atom stereocenters. The summed E-state index contributed by atoms with van der Waals surface area (Å²) < 4.78 is 36.6. The van der Waals surface area contributed by atoms with E-state index < -0.39 is 155 Å². The van der Waals surface area contributed by atoms with Gasteiger partial charge in [-0.3, -0.25) is 4.79 Å². The smallest absolute Gasteiger partial charge is 0.335 e. The lowest BCUT2D eigenvalue weighted by Gasteiger charge is -2.72. The van der Waals surface area contributed by atoms with Gasteiger partial charge < -0.3 is 74.4 Å². The molecule has 7 aliphatic rings. The summed E-state index contributed by atoms with van der Waals surface area (Å²) in [6.45, 7) is 18.1. The number of aliphatic hydroxyl groups is 8. The van der Waals surface area contributed by atoms with Gasteiger partial charge in [0.05, 0.1) is 43.4 Å². The molecular weight excluding hydrogens is 901 g/mol. The molecule has 18 heteroatoms. The average Bonchev–Trinajstić information content (AvgIpc) is 3.57. The molecule has 9 N–H and O–H groups in total. The van der Waals surface area contributed by atoms with Crippen molar-refractivity contribution in [1.82, 2.24) is 0 Å². The van der Waals surface area contributed by atoms with Gasteiger partial charge >= 0.3 is 17.9 Å². The van der Waals surface area contributed by atoms with Crippen LogP contribution in [0.4, 0.5) is 0 Å². The second kappa shape index (κ2) is 19.4. The molecule has 0 amide bonds. The summed E-state index contributed by atoms with van der Waals surface area (Å²) >= 11 is 0. The molecule has 2 saturated heterocycles. The van der Waals surface area contributed by atoms with Crippen molar-refractivity contribution in [3.63, 3.8) is 0 Å². The molecule has 0 aromatic heterocycles. The summed E-state index contributed by atoms with van der Waals surface area (Å²) in [5, 5.41) is 99.0. The van der Waals surface area contributed by atoms with E-state index in [1.165, 1.54) is 0 Å². The van der Waals surface area contributed by atoms with Crippen molar-refractivity contribution in [3.8, 4) is 0 Å². The third-order valence-corrected chi connectivity index (χ3v) is 19.6. The number of aliphatic carboxylic acids is 1. The van der Waals surface area contributed by atoms with Gasteiger partial charge in [0.25, 0.3) is 0 Å². The summed E-state index contributed by atoms with van der Waals surface area (Å²) in [7, 11) is 0. The van der Waals surface area contributed by atoms with Crippen LogP contribution in [0.25, 0.3) is 0 Å². The Morgan fingerprint density at radius 3 is 2.09 bits per heavy atom. The molecule has 2 heterocycles. The number of fused-ring (bicyclic) bond motifs is 7. The van der Waals surface area contributed by atoms with Gasteiger partial charge in [-0.1, -0.05) is 73.1 Å². The summed E-state index contributed by atoms with van der Waals surface area (Å²) in [4.78, 5) is 39.6. The van der Waals surface area contributed by atoms with Gasteiger partial charge in [-0.05, 0) is 99.2 Å². The fourth-order valence-electron chi connectivity index (χ4n) is 14.8. The molecule has 22 atom stereocenters. The maximum atomic E-state index is 13.8. The molecule has 7 rings (SSSR count). The molecule has 0 aromatic rings. The van der Waals surface area contributed by atoms with Crippen molar-refractivity contribution < 1.29 is 88.8 Å². The minimum Gasteiger partial charge on any atom is -0.479 e. The first-order chi connectivity index (χ1) is 32.2. The Morgan fingerprint density at radius 1 is 0.826 bits per heavy atom. The van der Waals surface area contributed by atoms with Crippen molar-refractivity contribution in [1.29, 1.82) is 0 Å². The van der Waals surface area contributed by atoms with Crippen LogP contribution in [0, 0.1) is 56.2 Å². The number of carbonyl (C=O) groups is 3. The van der Waals surface area contributed by atoms with Crippen LogP contribution in [0.5, 0.6) is 0 Å². The number of carboxylic acids is 1. The lowest BCUT2D eigenvalue weighted by molar-refractivity contribution is -0.353. The van der Waals surface area contributed by atoms with Crippen LogP contribution in [0.2, 0.25) is 0 Å². The minimum atomic E-state index is -1.98. The fraction of sp³-hybridized carbons (Fsp3) is 0.863. The third-order valence-electron chi connectivity index (χ3n) is 19.6. The zero-order chi connectivity index (χ0) is 51.1. The molecule has 6 fully saturated rings. The molecular formula is C51H80O18. The van der Waals surface area contributed by atoms with Crippen molar-refractivity contribution in [3.05, 3.63) is 23.3 Å². The normalized spacial score (nSPS) is 48.7. The number of rotatable bonds is 13. The van der Waals surface area contributed by atoms with Crippen molar-refractivity contribution in [2.24, 2.45) is 56.2 Å². The van der Waals surface area contributed by atoms with Crippen molar-refractivity contribution >= 4 is 17.9 Å². The van der Waals surface area contributed by atoms with Gasteiger partial charge in [0.2, 0.25) is 0 Å². The van der Waals surface area contributed by atoms with Crippen LogP contribution in [0.3, 0.4) is 0 Å². The number of allylic oxidation sites excluding steroid dienone is 3. The van der Waals surface area contributed by atoms with Crippen LogP contribution in [-0.4, -0.2) is 163 Å². The van der Waals surface area contributed by atoms with E-state index in [2.05, 4.69) is 26.8 Å². The van der Waals surface area contributed by atoms with Gasteiger partial charge in [0.1, 0.15) is 48.8 Å². The summed E-state index contributed by atoms with van der Waals surface area (Å²) in [6, 6.07) is 0. The van der Waals surface area contributed by atoms with E-state index in [1.807, 2.05) is 27.7 Å². The number of carbonyl (C=O) groups excluding carboxylic acids is 2. The highest BCUT2D eigenvalue weighted by molar-refractivity contribution is 5.87. The predicted molar refractivity (Wildman–Crippen MR) is 244 cm³/mol. The third kappa shape index (κ3) is 8.36. The minimum absolute atomic E-state index is 0.00793.